The van der Waals surface area contributed by atoms with Gasteiger partial charge in [0.1, 0.15) is 0 Å². The molecule has 0 aliphatic heterocycles. The minimum atomic E-state index is 0.455. The highest BCUT2D eigenvalue weighted by atomic mass is 14.4. The maximum atomic E-state index is 4.59. The quantitative estimate of drug-likeness (QED) is 0.267. The smallest absolute Gasteiger partial charge is 0.00891 e. The third-order valence-electron chi connectivity index (χ3n) is 11.2. The number of hydrogen-bond acceptors (Lipinski definition) is 0. The number of aryl methyl sites for hydroxylation is 1. The Morgan fingerprint density at radius 1 is 0.857 bits per heavy atom. The Labute approximate surface area is 258 Å². The molecule has 2 saturated carbocycles. The molecule has 0 N–H and O–H groups in total. The van der Waals surface area contributed by atoms with E-state index in [1.165, 1.54) is 92.0 Å². The van der Waals surface area contributed by atoms with Gasteiger partial charge in [0.05, 0.1) is 0 Å². The normalized spacial score (nSPS) is 26.2. The van der Waals surface area contributed by atoms with Gasteiger partial charge >= 0.3 is 0 Å². The molecule has 42 heavy (non-hydrogen) atoms. The molecule has 2 fully saturated rings. The van der Waals surface area contributed by atoms with Crippen molar-refractivity contribution < 1.29 is 0 Å². The zero-order chi connectivity index (χ0) is 30.0. The standard InChI is InChI=1S/C42H58/c1-28(2)23-30(4)35-17-19-36(20-18-35)41-38(24-31(5)34-14-9-29(3)10-15-34)27-37-16-11-33(26-40(37)41)25-32-12-21-39(22-13-32)42(6,7)8/h9-11,14-16,26-28,32,35-36,39,41H,4-5,12-13,17-25H2,1-3,6-8H3. The van der Waals surface area contributed by atoms with Gasteiger partial charge in [-0.3, -0.25) is 0 Å². The van der Waals surface area contributed by atoms with Gasteiger partial charge in [0.2, 0.25) is 0 Å². The van der Waals surface area contributed by atoms with Crippen LogP contribution in [0.15, 0.2) is 66.8 Å². The van der Waals surface area contributed by atoms with E-state index in [4.69, 9.17) is 0 Å². The summed E-state index contributed by atoms with van der Waals surface area (Å²) in [6.07, 6.45) is 16.8. The maximum absolute atomic E-state index is 4.59. The minimum Gasteiger partial charge on any atom is -0.0996 e. The van der Waals surface area contributed by atoms with Gasteiger partial charge in [0.15, 0.2) is 0 Å². The van der Waals surface area contributed by atoms with E-state index in [0.717, 1.165) is 24.2 Å². The summed E-state index contributed by atoms with van der Waals surface area (Å²) in [5.41, 5.74) is 12.1. The molecule has 0 heteroatoms. The summed E-state index contributed by atoms with van der Waals surface area (Å²) < 4.78 is 0. The lowest BCUT2D eigenvalue weighted by molar-refractivity contribution is 0.150. The summed E-state index contributed by atoms with van der Waals surface area (Å²) in [5, 5.41) is 0. The van der Waals surface area contributed by atoms with Crippen LogP contribution in [0.3, 0.4) is 0 Å². The second-order valence-corrected chi connectivity index (χ2v) is 16.0. The lowest BCUT2D eigenvalue weighted by atomic mass is 9.68. The van der Waals surface area contributed by atoms with Gasteiger partial charge in [0, 0.05) is 5.92 Å². The van der Waals surface area contributed by atoms with Crippen molar-refractivity contribution in [1.82, 2.24) is 0 Å². The van der Waals surface area contributed by atoms with E-state index in [2.05, 4.69) is 103 Å². The SMILES string of the molecule is C=C(CC1=Cc2ccc(CC3CCC(C(C)(C)C)CC3)cc2C1C1CCC(C(=C)CC(C)C)CC1)c1ccc(C)cc1. The van der Waals surface area contributed by atoms with E-state index in [9.17, 15) is 0 Å². The molecular formula is C42H58. The number of benzene rings is 2. The van der Waals surface area contributed by atoms with Crippen molar-refractivity contribution in [3.63, 3.8) is 0 Å². The first-order valence-electron chi connectivity index (χ1n) is 17.2. The Bertz CT molecular complexity index is 1260. The highest BCUT2D eigenvalue weighted by Crippen LogP contribution is 2.51. The average molecular weight is 563 g/mol. The lowest BCUT2D eigenvalue weighted by Gasteiger charge is -2.37. The fourth-order valence-corrected chi connectivity index (χ4v) is 8.61. The van der Waals surface area contributed by atoms with E-state index in [1.54, 1.807) is 16.7 Å². The minimum absolute atomic E-state index is 0.455. The summed E-state index contributed by atoms with van der Waals surface area (Å²) in [6.45, 7) is 23.3. The van der Waals surface area contributed by atoms with E-state index < -0.39 is 0 Å². The second kappa shape index (κ2) is 13.1. The molecule has 3 aliphatic rings. The molecule has 1 unspecified atom stereocenters. The predicted octanol–water partition coefficient (Wildman–Crippen LogP) is 12.4. The number of rotatable bonds is 9. The van der Waals surface area contributed by atoms with Gasteiger partial charge < -0.3 is 0 Å². The van der Waals surface area contributed by atoms with Crippen LogP contribution in [0.25, 0.3) is 11.6 Å². The van der Waals surface area contributed by atoms with Gasteiger partial charge in [-0.15, -0.1) is 0 Å². The van der Waals surface area contributed by atoms with Crippen LogP contribution < -0.4 is 0 Å². The molecule has 226 valence electrons. The summed E-state index contributed by atoms with van der Waals surface area (Å²) >= 11 is 0. The third kappa shape index (κ3) is 7.41. The van der Waals surface area contributed by atoms with Crippen molar-refractivity contribution in [2.45, 2.75) is 118 Å². The highest BCUT2D eigenvalue weighted by molar-refractivity contribution is 5.74. The molecule has 0 radical (unpaired) electrons. The Morgan fingerprint density at radius 3 is 2.14 bits per heavy atom. The van der Waals surface area contributed by atoms with E-state index in [-0.39, 0.29) is 0 Å². The van der Waals surface area contributed by atoms with Crippen LogP contribution in [0.5, 0.6) is 0 Å². The number of fused-ring (bicyclic) bond motifs is 1. The molecular weight excluding hydrogens is 504 g/mol. The first-order chi connectivity index (χ1) is 20.0. The van der Waals surface area contributed by atoms with Crippen LogP contribution in [0.4, 0.5) is 0 Å². The molecule has 0 heterocycles. The van der Waals surface area contributed by atoms with Crippen molar-refractivity contribution in [3.05, 3.63) is 94.6 Å². The topological polar surface area (TPSA) is 0 Å². The fourth-order valence-electron chi connectivity index (χ4n) is 8.61. The lowest BCUT2D eigenvalue weighted by Crippen LogP contribution is -2.26. The van der Waals surface area contributed by atoms with Crippen LogP contribution in [0.1, 0.15) is 133 Å². The van der Waals surface area contributed by atoms with Gasteiger partial charge in [-0.2, -0.15) is 0 Å². The van der Waals surface area contributed by atoms with Crippen LogP contribution >= 0.6 is 0 Å². The fraction of sp³-hybridized carbons (Fsp3) is 0.571. The number of hydrogen-bond donors (Lipinski definition) is 0. The zero-order valence-corrected chi connectivity index (χ0v) is 27.8. The Kier molecular flexibility index (Phi) is 9.71. The first kappa shape index (κ1) is 31.1. The van der Waals surface area contributed by atoms with Gasteiger partial charge in [-0.05, 0) is 140 Å². The van der Waals surface area contributed by atoms with Crippen LogP contribution in [0.2, 0.25) is 0 Å². The first-order valence-corrected chi connectivity index (χ1v) is 17.2. The summed E-state index contributed by atoms with van der Waals surface area (Å²) in [5.74, 6) is 4.42. The largest absolute Gasteiger partial charge is 0.0996 e. The molecule has 0 amide bonds. The van der Waals surface area contributed by atoms with Crippen molar-refractivity contribution in [2.24, 2.45) is 35.0 Å². The molecule has 0 nitrogen and oxygen atoms in total. The summed E-state index contributed by atoms with van der Waals surface area (Å²) in [4.78, 5) is 0. The van der Waals surface area contributed by atoms with Gasteiger partial charge in [-0.25, -0.2) is 0 Å². The van der Waals surface area contributed by atoms with Crippen molar-refractivity contribution in [3.8, 4) is 0 Å². The van der Waals surface area contributed by atoms with Crippen LogP contribution in [-0.2, 0) is 6.42 Å². The third-order valence-corrected chi connectivity index (χ3v) is 11.2. The molecule has 2 aromatic rings. The molecule has 3 aliphatic carbocycles. The van der Waals surface area contributed by atoms with E-state index in [0.29, 0.717) is 23.2 Å². The summed E-state index contributed by atoms with van der Waals surface area (Å²) in [6, 6.07) is 16.5. The Morgan fingerprint density at radius 2 is 1.52 bits per heavy atom. The molecule has 0 spiro atoms. The van der Waals surface area contributed by atoms with Gasteiger partial charge in [-0.1, -0.05) is 113 Å². The molecule has 0 bridgehead atoms. The van der Waals surface area contributed by atoms with E-state index in [1.807, 2.05) is 0 Å². The maximum Gasteiger partial charge on any atom is 0.00891 e. The van der Waals surface area contributed by atoms with Crippen molar-refractivity contribution in [2.75, 3.05) is 0 Å². The Hall–Kier alpha value is -2.34. The molecule has 0 aromatic heterocycles. The molecule has 5 rings (SSSR count). The van der Waals surface area contributed by atoms with Crippen molar-refractivity contribution in [1.29, 1.82) is 0 Å². The molecule has 1 atom stereocenters. The van der Waals surface area contributed by atoms with Gasteiger partial charge in [0.25, 0.3) is 0 Å². The summed E-state index contributed by atoms with van der Waals surface area (Å²) in [7, 11) is 0. The molecule has 0 saturated heterocycles. The van der Waals surface area contributed by atoms with E-state index >= 15 is 0 Å². The molecule has 2 aromatic carbocycles. The monoisotopic (exact) mass is 562 g/mol. The predicted molar refractivity (Wildman–Crippen MR) is 185 cm³/mol. The van der Waals surface area contributed by atoms with Crippen LogP contribution in [0, 0.1) is 41.9 Å². The Balaban J connectivity index is 1.33. The zero-order valence-electron chi connectivity index (χ0n) is 27.8. The highest BCUT2D eigenvalue weighted by Gasteiger charge is 2.36. The number of allylic oxidation sites excluding steroid dienone is 3. The average Bonchev–Trinajstić information content (AvgIpc) is 3.30. The van der Waals surface area contributed by atoms with Crippen molar-refractivity contribution >= 4 is 11.6 Å². The second-order valence-electron chi connectivity index (χ2n) is 16.0. The van der Waals surface area contributed by atoms with Crippen LogP contribution in [-0.4, -0.2) is 0 Å².